The molecule has 0 fully saturated rings. The Morgan fingerprint density at radius 3 is 2.76 bits per heavy atom. The summed E-state index contributed by atoms with van der Waals surface area (Å²) >= 11 is 12.1. The van der Waals surface area contributed by atoms with Gasteiger partial charge in [0.2, 0.25) is 0 Å². The van der Waals surface area contributed by atoms with E-state index in [9.17, 15) is 0 Å². The van der Waals surface area contributed by atoms with E-state index < -0.39 is 0 Å². The number of hydrogen-bond acceptors (Lipinski definition) is 1. The largest absolute Gasteiger partial charge is 0.298 e. The number of nitrogens with zero attached hydrogens (tertiary/aromatic N) is 2. The number of imidazole rings is 1. The minimum atomic E-state index is 0.688. The molecular weight excluding hydrogens is 255 g/mol. The van der Waals surface area contributed by atoms with Crippen LogP contribution in [0.5, 0.6) is 0 Å². The second-order valence-corrected chi connectivity index (χ2v) is 4.55. The fraction of sp³-hybridized carbons (Fsp3) is 0. The molecule has 0 aliphatic rings. The summed E-state index contributed by atoms with van der Waals surface area (Å²) < 4.78 is 1.95. The van der Waals surface area contributed by atoms with Gasteiger partial charge in [-0.05, 0) is 24.3 Å². The third-order valence-corrected chi connectivity index (χ3v) is 3.16. The number of benzene rings is 1. The van der Waals surface area contributed by atoms with Crippen molar-refractivity contribution in [2.24, 2.45) is 0 Å². The van der Waals surface area contributed by atoms with Gasteiger partial charge in [-0.15, -0.1) is 0 Å². The molecule has 2 nitrogen and oxygen atoms in total. The third kappa shape index (κ3) is 1.79. The van der Waals surface area contributed by atoms with Crippen molar-refractivity contribution in [3.8, 4) is 11.4 Å². The molecule has 0 saturated carbocycles. The molecule has 0 unspecified atom stereocenters. The molecule has 0 atom stereocenters. The first-order chi connectivity index (χ1) is 8.25. The van der Waals surface area contributed by atoms with E-state index in [-0.39, 0.29) is 0 Å². The Morgan fingerprint density at radius 1 is 1.06 bits per heavy atom. The monoisotopic (exact) mass is 262 g/mol. The van der Waals surface area contributed by atoms with Crippen LogP contribution >= 0.6 is 23.2 Å². The van der Waals surface area contributed by atoms with Gasteiger partial charge >= 0.3 is 0 Å². The summed E-state index contributed by atoms with van der Waals surface area (Å²) in [6, 6.07) is 11.3. The van der Waals surface area contributed by atoms with Crippen molar-refractivity contribution in [3.63, 3.8) is 0 Å². The first kappa shape index (κ1) is 10.6. The SMILES string of the molecule is Clc1cccc(-c2ncc3c(Cl)cccn23)c1. The Labute approximate surface area is 108 Å². The van der Waals surface area contributed by atoms with Gasteiger partial charge in [0.1, 0.15) is 5.82 Å². The molecule has 0 radical (unpaired) electrons. The van der Waals surface area contributed by atoms with Crippen molar-refractivity contribution in [1.29, 1.82) is 0 Å². The topological polar surface area (TPSA) is 17.3 Å². The van der Waals surface area contributed by atoms with E-state index in [4.69, 9.17) is 23.2 Å². The number of aromatic nitrogens is 2. The van der Waals surface area contributed by atoms with E-state index >= 15 is 0 Å². The summed E-state index contributed by atoms with van der Waals surface area (Å²) in [6.45, 7) is 0. The van der Waals surface area contributed by atoms with Gasteiger partial charge in [-0.1, -0.05) is 35.3 Å². The van der Waals surface area contributed by atoms with Crippen LogP contribution in [-0.4, -0.2) is 9.38 Å². The zero-order valence-electron chi connectivity index (χ0n) is 8.77. The summed E-state index contributed by atoms with van der Waals surface area (Å²) in [5.74, 6) is 0.838. The van der Waals surface area contributed by atoms with Crippen LogP contribution in [0.2, 0.25) is 10.0 Å². The zero-order valence-corrected chi connectivity index (χ0v) is 10.3. The molecule has 0 N–H and O–H groups in total. The van der Waals surface area contributed by atoms with Gasteiger partial charge in [0.05, 0.1) is 16.7 Å². The Hall–Kier alpha value is -1.51. The van der Waals surface area contributed by atoms with Crippen LogP contribution in [0.25, 0.3) is 16.9 Å². The highest BCUT2D eigenvalue weighted by molar-refractivity contribution is 6.33. The molecule has 17 heavy (non-hydrogen) atoms. The Bertz CT molecular complexity index is 689. The van der Waals surface area contributed by atoms with E-state index in [1.165, 1.54) is 0 Å². The molecule has 0 aliphatic carbocycles. The Kier molecular flexibility index (Phi) is 2.54. The third-order valence-electron chi connectivity index (χ3n) is 2.60. The second kappa shape index (κ2) is 4.06. The lowest BCUT2D eigenvalue weighted by Gasteiger charge is -2.02. The van der Waals surface area contributed by atoms with Crippen molar-refractivity contribution in [2.45, 2.75) is 0 Å². The summed E-state index contributed by atoms with van der Waals surface area (Å²) in [6.07, 6.45) is 3.70. The van der Waals surface area contributed by atoms with Crippen molar-refractivity contribution >= 4 is 28.7 Å². The van der Waals surface area contributed by atoms with Crippen LogP contribution < -0.4 is 0 Å². The lowest BCUT2D eigenvalue weighted by atomic mass is 10.2. The van der Waals surface area contributed by atoms with E-state index in [0.29, 0.717) is 10.0 Å². The van der Waals surface area contributed by atoms with E-state index in [0.717, 1.165) is 16.9 Å². The fourth-order valence-electron chi connectivity index (χ4n) is 1.83. The maximum Gasteiger partial charge on any atom is 0.144 e. The quantitative estimate of drug-likeness (QED) is 0.639. The minimum Gasteiger partial charge on any atom is -0.298 e. The van der Waals surface area contributed by atoms with E-state index in [1.54, 1.807) is 6.20 Å². The van der Waals surface area contributed by atoms with Crippen LogP contribution in [-0.2, 0) is 0 Å². The maximum absolute atomic E-state index is 6.10. The van der Waals surface area contributed by atoms with Gasteiger partial charge in [-0.25, -0.2) is 4.98 Å². The molecule has 3 aromatic rings. The van der Waals surface area contributed by atoms with Gasteiger partial charge in [0.25, 0.3) is 0 Å². The van der Waals surface area contributed by atoms with Crippen LogP contribution in [0.15, 0.2) is 48.8 Å². The molecule has 2 heterocycles. The molecule has 0 spiro atoms. The lowest BCUT2D eigenvalue weighted by Crippen LogP contribution is -1.88. The first-order valence-electron chi connectivity index (χ1n) is 5.13. The first-order valence-corrected chi connectivity index (χ1v) is 5.89. The van der Waals surface area contributed by atoms with Crippen LogP contribution in [0.4, 0.5) is 0 Å². The highest BCUT2D eigenvalue weighted by atomic mass is 35.5. The predicted octanol–water partition coefficient (Wildman–Crippen LogP) is 4.31. The smallest absolute Gasteiger partial charge is 0.144 e. The molecule has 2 aromatic heterocycles. The standard InChI is InChI=1S/C13H8Cl2N2/c14-10-4-1-3-9(7-10)13-16-8-12-11(15)5-2-6-17(12)13/h1-8H. The van der Waals surface area contributed by atoms with Gasteiger partial charge in [0.15, 0.2) is 0 Å². The van der Waals surface area contributed by atoms with Crippen molar-refractivity contribution < 1.29 is 0 Å². The number of halogens is 2. The van der Waals surface area contributed by atoms with Gasteiger partial charge < -0.3 is 0 Å². The predicted molar refractivity (Wildman–Crippen MR) is 70.6 cm³/mol. The average Bonchev–Trinajstić information content (AvgIpc) is 2.74. The molecule has 84 valence electrons. The highest BCUT2D eigenvalue weighted by Gasteiger charge is 2.08. The number of hydrogen-bond donors (Lipinski definition) is 0. The van der Waals surface area contributed by atoms with E-state index in [1.807, 2.05) is 47.0 Å². The molecule has 1 aromatic carbocycles. The summed E-state index contributed by atoms with van der Waals surface area (Å²) in [5.41, 5.74) is 1.86. The van der Waals surface area contributed by atoms with Crippen molar-refractivity contribution in [1.82, 2.24) is 9.38 Å². The van der Waals surface area contributed by atoms with Crippen molar-refractivity contribution in [2.75, 3.05) is 0 Å². The summed E-state index contributed by atoms with van der Waals surface area (Å²) in [7, 11) is 0. The minimum absolute atomic E-state index is 0.688. The Balaban J connectivity index is 2.28. The number of rotatable bonds is 1. The molecule has 0 aliphatic heterocycles. The maximum atomic E-state index is 6.10. The molecular formula is C13H8Cl2N2. The van der Waals surface area contributed by atoms with Crippen LogP contribution in [0.3, 0.4) is 0 Å². The van der Waals surface area contributed by atoms with E-state index in [2.05, 4.69) is 4.98 Å². The molecule has 0 saturated heterocycles. The molecule has 4 heteroatoms. The highest BCUT2D eigenvalue weighted by Crippen LogP contribution is 2.25. The molecule has 0 bridgehead atoms. The average molecular weight is 263 g/mol. The van der Waals surface area contributed by atoms with Gasteiger partial charge in [-0.3, -0.25) is 4.40 Å². The Morgan fingerprint density at radius 2 is 1.94 bits per heavy atom. The fourth-order valence-corrected chi connectivity index (χ4v) is 2.23. The van der Waals surface area contributed by atoms with Crippen molar-refractivity contribution in [3.05, 3.63) is 58.8 Å². The number of fused-ring (bicyclic) bond motifs is 1. The second-order valence-electron chi connectivity index (χ2n) is 3.70. The number of pyridine rings is 1. The molecule has 0 amide bonds. The zero-order chi connectivity index (χ0) is 11.8. The van der Waals surface area contributed by atoms with Gasteiger partial charge in [0, 0.05) is 16.8 Å². The van der Waals surface area contributed by atoms with Crippen LogP contribution in [0.1, 0.15) is 0 Å². The lowest BCUT2D eigenvalue weighted by molar-refractivity contribution is 1.16. The summed E-state index contributed by atoms with van der Waals surface area (Å²) in [4.78, 5) is 4.39. The van der Waals surface area contributed by atoms with Gasteiger partial charge in [-0.2, -0.15) is 0 Å². The summed E-state index contributed by atoms with van der Waals surface area (Å²) in [5, 5.41) is 1.38. The molecule has 3 rings (SSSR count). The normalized spacial score (nSPS) is 10.9. The van der Waals surface area contributed by atoms with Crippen LogP contribution in [0, 0.1) is 0 Å².